The van der Waals surface area contributed by atoms with Gasteiger partial charge < -0.3 is 0 Å². The fraction of sp³-hybridized carbons (Fsp3) is 0.0769. The standard InChI is InChI=1S/C26H23N3S/c1-3-9-19(10-4-1)21-13-7-15-23(17-21)25-27-26(29-30-28-25)24-16-8-14-22(18-24)20-11-5-2-6-12-20/h1-18,25-29H. The van der Waals surface area contributed by atoms with Crippen molar-refractivity contribution in [1.82, 2.24) is 14.8 Å². The molecule has 1 heterocycles. The quantitative estimate of drug-likeness (QED) is 0.358. The molecule has 148 valence electrons. The van der Waals surface area contributed by atoms with E-state index >= 15 is 0 Å². The Labute approximate surface area is 181 Å². The zero-order chi connectivity index (χ0) is 20.2. The zero-order valence-corrected chi connectivity index (χ0v) is 17.3. The van der Waals surface area contributed by atoms with Gasteiger partial charge in [0, 0.05) is 12.1 Å². The Hall–Kier alpha value is -2.89. The highest BCUT2D eigenvalue weighted by Gasteiger charge is 2.23. The number of rotatable bonds is 4. The molecule has 4 aromatic rings. The molecule has 0 amide bonds. The third-order valence-electron chi connectivity index (χ3n) is 5.34. The molecule has 3 N–H and O–H groups in total. The van der Waals surface area contributed by atoms with E-state index in [1.807, 2.05) is 12.1 Å². The van der Waals surface area contributed by atoms with Crippen LogP contribution in [0.4, 0.5) is 0 Å². The van der Waals surface area contributed by atoms with Gasteiger partial charge in [-0.15, -0.1) is 0 Å². The zero-order valence-electron chi connectivity index (χ0n) is 16.5. The van der Waals surface area contributed by atoms with Gasteiger partial charge in [0.05, 0.1) is 12.3 Å². The molecule has 0 bridgehead atoms. The fourth-order valence-electron chi connectivity index (χ4n) is 3.77. The van der Waals surface area contributed by atoms with Crippen LogP contribution in [-0.2, 0) is 0 Å². The molecular formula is C26H23N3S. The van der Waals surface area contributed by atoms with Crippen LogP contribution >= 0.6 is 12.1 Å². The third kappa shape index (κ3) is 4.18. The first-order valence-corrected chi connectivity index (χ1v) is 10.9. The van der Waals surface area contributed by atoms with E-state index in [1.54, 1.807) is 12.1 Å². The molecule has 1 fully saturated rings. The van der Waals surface area contributed by atoms with E-state index in [4.69, 9.17) is 0 Å². The summed E-state index contributed by atoms with van der Waals surface area (Å²) in [5, 5.41) is 3.70. The lowest BCUT2D eigenvalue weighted by atomic mass is 10.0. The smallest absolute Gasteiger partial charge is 0.0953 e. The van der Waals surface area contributed by atoms with Gasteiger partial charge in [-0.2, -0.15) is 0 Å². The summed E-state index contributed by atoms with van der Waals surface area (Å²) in [6, 6.07) is 38.4. The molecule has 0 spiro atoms. The maximum Gasteiger partial charge on any atom is 0.0953 e. The molecule has 4 heteroatoms. The molecular weight excluding hydrogens is 386 g/mol. The number of hydrogen-bond acceptors (Lipinski definition) is 4. The van der Waals surface area contributed by atoms with Crippen molar-refractivity contribution in [2.45, 2.75) is 12.3 Å². The van der Waals surface area contributed by atoms with Crippen molar-refractivity contribution >= 4 is 12.1 Å². The van der Waals surface area contributed by atoms with E-state index in [9.17, 15) is 0 Å². The second-order valence-electron chi connectivity index (χ2n) is 7.35. The Bertz CT molecular complexity index is 1030. The first-order valence-electron chi connectivity index (χ1n) is 10.1. The molecule has 30 heavy (non-hydrogen) atoms. The van der Waals surface area contributed by atoms with E-state index in [1.165, 1.54) is 33.4 Å². The Morgan fingerprint density at radius 3 is 1.37 bits per heavy atom. The minimum atomic E-state index is 0.0466. The van der Waals surface area contributed by atoms with Crippen molar-refractivity contribution in [1.29, 1.82) is 0 Å². The van der Waals surface area contributed by atoms with Gasteiger partial charge in [0.25, 0.3) is 0 Å². The molecule has 0 aliphatic carbocycles. The minimum Gasteiger partial charge on any atom is -0.277 e. The lowest BCUT2D eigenvalue weighted by molar-refractivity contribution is 0.402. The summed E-state index contributed by atoms with van der Waals surface area (Å²) < 4.78 is 6.91. The van der Waals surface area contributed by atoms with Gasteiger partial charge in [-0.25, -0.2) is 9.44 Å². The molecule has 4 aromatic carbocycles. The lowest BCUT2D eigenvalue weighted by Gasteiger charge is -2.33. The molecule has 3 nitrogen and oxygen atoms in total. The van der Waals surface area contributed by atoms with Gasteiger partial charge in [-0.1, -0.05) is 97.1 Å². The second-order valence-corrected chi connectivity index (χ2v) is 8.03. The maximum atomic E-state index is 3.70. The van der Waals surface area contributed by atoms with Gasteiger partial charge in [-0.05, 0) is 45.5 Å². The van der Waals surface area contributed by atoms with Gasteiger partial charge >= 0.3 is 0 Å². The predicted octanol–water partition coefficient (Wildman–Crippen LogP) is 6.06. The van der Waals surface area contributed by atoms with Crippen LogP contribution in [-0.4, -0.2) is 0 Å². The van der Waals surface area contributed by atoms with Crippen molar-refractivity contribution in [2.75, 3.05) is 0 Å². The Kier molecular flexibility index (Phi) is 5.64. The largest absolute Gasteiger partial charge is 0.277 e. The molecule has 0 saturated carbocycles. The summed E-state index contributed by atoms with van der Waals surface area (Å²) in [5.41, 5.74) is 7.34. The summed E-state index contributed by atoms with van der Waals surface area (Å²) in [4.78, 5) is 0. The maximum absolute atomic E-state index is 3.70. The molecule has 2 atom stereocenters. The average Bonchev–Trinajstić information content (AvgIpc) is 2.85. The van der Waals surface area contributed by atoms with E-state index < -0.39 is 0 Å². The Balaban J connectivity index is 1.38. The predicted molar refractivity (Wildman–Crippen MR) is 126 cm³/mol. The SMILES string of the molecule is c1ccc(-c2cccc(C3NSNC(c4cccc(-c5ccccc5)c4)N3)c2)cc1. The lowest BCUT2D eigenvalue weighted by Crippen LogP contribution is -2.45. The van der Waals surface area contributed by atoms with Crippen LogP contribution in [0.25, 0.3) is 22.3 Å². The molecule has 5 rings (SSSR count). The monoisotopic (exact) mass is 409 g/mol. The molecule has 0 aromatic heterocycles. The summed E-state index contributed by atoms with van der Waals surface area (Å²) >= 11 is 1.54. The van der Waals surface area contributed by atoms with Gasteiger partial charge in [0.15, 0.2) is 0 Å². The molecule has 1 aliphatic heterocycles. The second kappa shape index (κ2) is 8.86. The van der Waals surface area contributed by atoms with Crippen molar-refractivity contribution < 1.29 is 0 Å². The molecule has 1 aliphatic rings. The van der Waals surface area contributed by atoms with Crippen molar-refractivity contribution in [3.05, 3.63) is 120 Å². The van der Waals surface area contributed by atoms with Crippen molar-refractivity contribution in [2.24, 2.45) is 0 Å². The van der Waals surface area contributed by atoms with Crippen LogP contribution < -0.4 is 14.8 Å². The van der Waals surface area contributed by atoms with Gasteiger partial charge in [0.1, 0.15) is 0 Å². The van der Waals surface area contributed by atoms with Crippen LogP contribution in [0.1, 0.15) is 23.5 Å². The van der Waals surface area contributed by atoms with Crippen LogP contribution in [0.5, 0.6) is 0 Å². The topological polar surface area (TPSA) is 36.1 Å². The van der Waals surface area contributed by atoms with Crippen LogP contribution in [0.3, 0.4) is 0 Å². The highest BCUT2D eigenvalue weighted by Crippen LogP contribution is 2.29. The highest BCUT2D eigenvalue weighted by molar-refractivity contribution is 7.95. The minimum absolute atomic E-state index is 0.0466. The first kappa shape index (κ1) is 19.1. The van der Waals surface area contributed by atoms with E-state index in [2.05, 4.69) is 112 Å². The van der Waals surface area contributed by atoms with E-state index in [0.29, 0.717) is 0 Å². The van der Waals surface area contributed by atoms with Gasteiger partial charge in [-0.3, -0.25) is 5.32 Å². The summed E-state index contributed by atoms with van der Waals surface area (Å²) in [6.45, 7) is 0. The summed E-state index contributed by atoms with van der Waals surface area (Å²) in [7, 11) is 0. The van der Waals surface area contributed by atoms with E-state index in [0.717, 1.165) is 0 Å². The van der Waals surface area contributed by atoms with Crippen LogP contribution in [0.2, 0.25) is 0 Å². The summed E-state index contributed by atoms with van der Waals surface area (Å²) in [5.74, 6) is 0. The van der Waals surface area contributed by atoms with Crippen LogP contribution in [0.15, 0.2) is 109 Å². The normalized spacial score (nSPS) is 18.8. The Morgan fingerprint density at radius 1 is 0.467 bits per heavy atom. The molecule has 0 radical (unpaired) electrons. The number of benzene rings is 4. The van der Waals surface area contributed by atoms with Crippen molar-refractivity contribution in [3.63, 3.8) is 0 Å². The number of hydrogen-bond donors (Lipinski definition) is 3. The highest BCUT2D eigenvalue weighted by atomic mass is 32.2. The average molecular weight is 410 g/mol. The third-order valence-corrected chi connectivity index (χ3v) is 6.05. The number of nitrogens with one attached hydrogen (secondary N) is 3. The van der Waals surface area contributed by atoms with Gasteiger partial charge in [0.2, 0.25) is 0 Å². The van der Waals surface area contributed by atoms with Crippen LogP contribution in [0, 0.1) is 0 Å². The molecule has 2 unspecified atom stereocenters. The summed E-state index contributed by atoms with van der Waals surface area (Å²) in [6.07, 6.45) is 0.0931. The fourth-order valence-corrected chi connectivity index (χ4v) is 4.48. The van der Waals surface area contributed by atoms with Crippen molar-refractivity contribution in [3.8, 4) is 22.3 Å². The Morgan fingerprint density at radius 2 is 0.900 bits per heavy atom. The van der Waals surface area contributed by atoms with E-state index in [-0.39, 0.29) is 12.3 Å². The molecule has 1 saturated heterocycles. The first-order chi connectivity index (χ1) is 14.9.